The van der Waals surface area contributed by atoms with E-state index < -0.39 is 9.84 Å². The van der Waals surface area contributed by atoms with Gasteiger partial charge in [0.15, 0.2) is 15.0 Å². The van der Waals surface area contributed by atoms with Crippen LogP contribution in [0.2, 0.25) is 5.02 Å². The zero-order valence-electron chi connectivity index (χ0n) is 15.6. The van der Waals surface area contributed by atoms with Crippen LogP contribution in [0.1, 0.15) is 38.5 Å². The molecule has 2 fully saturated rings. The standard InChI is InChI=1S/C19H24ClN3O3S2/c20-13-6-7-16-17(10-13)22-19(21-16)27-11-18(24)23(14-4-2-1-3-5-14)15-8-9-28(25,26)12-15/h6-7,10,14-15H,1-5,8-9,11-12H2,(H,21,22). The van der Waals surface area contributed by atoms with Gasteiger partial charge in [-0.05, 0) is 37.5 Å². The Hall–Kier alpha value is -1.25. The van der Waals surface area contributed by atoms with Gasteiger partial charge in [-0.15, -0.1) is 0 Å². The van der Waals surface area contributed by atoms with Gasteiger partial charge in [0, 0.05) is 17.1 Å². The van der Waals surface area contributed by atoms with E-state index in [1.165, 1.54) is 18.2 Å². The summed E-state index contributed by atoms with van der Waals surface area (Å²) in [5.74, 6) is 0.549. The molecule has 1 saturated carbocycles. The van der Waals surface area contributed by atoms with Gasteiger partial charge in [0.1, 0.15) is 0 Å². The van der Waals surface area contributed by atoms with Crippen LogP contribution in [-0.2, 0) is 14.6 Å². The van der Waals surface area contributed by atoms with Crippen LogP contribution in [0.5, 0.6) is 0 Å². The molecule has 1 N–H and O–H groups in total. The van der Waals surface area contributed by atoms with E-state index in [9.17, 15) is 13.2 Å². The quantitative estimate of drug-likeness (QED) is 0.716. The van der Waals surface area contributed by atoms with Gasteiger partial charge >= 0.3 is 0 Å². The van der Waals surface area contributed by atoms with Crippen LogP contribution in [0.15, 0.2) is 23.4 Å². The fraction of sp³-hybridized carbons (Fsp3) is 0.579. The zero-order valence-corrected chi connectivity index (χ0v) is 18.0. The van der Waals surface area contributed by atoms with Gasteiger partial charge in [0.2, 0.25) is 5.91 Å². The molecule has 0 bridgehead atoms. The molecule has 1 atom stereocenters. The summed E-state index contributed by atoms with van der Waals surface area (Å²) in [4.78, 5) is 22.7. The monoisotopic (exact) mass is 441 g/mol. The highest BCUT2D eigenvalue weighted by molar-refractivity contribution is 7.99. The first kappa shape index (κ1) is 20.0. The maximum absolute atomic E-state index is 13.1. The molecule has 1 aliphatic carbocycles. The third-order valence-corrected chi connectivity index (χ3v) is 8.46. The molecule has 28 heavy (non-hydrogen) atoms. The first-order valence-corrected chi connectivity index (χ1v) is 12.9. The van der Waals surface area contributed by atoms with Crippen LogP contribution in [0.4, 0.5) is 0 Å². The number of H-pyrrole nitrogens is 1. The number of carbonyl (C=O) groups excluding carboxylic acids is 1. The van der Waals surface area contributed by atoms with Crippen LogP contribution >= 0.6 is 23.4 Å². The van der Waals surface area contributed by atoms with Crippen LogP contribution in [-0.4, -0.2) is 58.5 Å². The van der Waals surface area contributed by atoms with Gasteiger partial charge in [-0.1, -0.05) is 42.6 Å². The van der Waals surface area contributed by atoms with E-state index >= 15 is 0 Å². The maximum Gasteiger partial charge on any atom is 0.233 e. The highest BCUT2D eigenvalue weighted by atomic mass is 35.5. The minimum atomic E-state index is -3.03. The van der Waals surface area contributed by atoms with E-state index in [-0.39, 0.29) is 35.2 Å². The normalized spacial score (nSPS) is 22.5. The van der Waals surface area contributed by atoms with Crippen LogP contribution in [0.25, 0.3) is 11.0 Å². The minimum absolute atomic E-state index is 0.0116. The number of rotatable bonds is 5. The van der Waals surface area contributed by atoms with Crippen molar-refractivity contribution >= 4 is 50.1 Å². The number of amides is 1. The molecule has 1 aliphatic heterocycles. The number of hydrogen-bond donors (Lipinski definition) is 1. The van der Waals surface area contributed by atoms with Gasteiger partial charge in [0.25, 0.3) is 0 Å². The Bertz CT molecular complexity index is 970. The summed E-state index contributed by atoms with van der Waals surface area (Å²) in [7, 11) is -3.03. The first-order valence-electron chi connectivity index (χ1n) is 9.71. The van der Waals surface area contributed by atoms with Crippen molar-refractivity contribution in [1.29, 1.82) is 0 Å². The van der Waals surface area contributed by atoms with Crippen molar-refractivity contribution in [2.75, 3.05) is 17.3 Å². The second-order valence-electron chi connectivity index (χ2n) is 7.64. The average Bonchev–Trinajstić information content (AvgIpc) is 3.23. The van der Waals surface area contributed by atoms with Gasteiger partial charge in [0.05, 0.1) is 28.3 Å². The molecule has 1 unspecified atom stereocenters. The number of sulfone groups is 1. The Labute approximate surface area is 174 Å². The highest BCUT2D eigenvalue weighted by Crippen LogP contribution is 2.30. The van der Waals surface area contributed by atoms with E-state index in [1.807, 2.05) is 17.0 Å². The molecule has 4 rings (SSSR count). The Kier molecular flexibility index (Phi) is 5.90. The van der Waals surface area contributed by atoms with Crippen molar-refractivity contribution in [1.82, 2.24) is 14.9 Å². The lowest BCUT2D eigenvalue weighted by Crippen LogP contribution is -2.49. The van der Waals surface area contributed by atoms with Crippen molar-refractivity contribution in [3.63, 3.8) is 0 Å². The van der Waals surface area contributed by atoms with Crippen molar-refractivity contribution in [2.45, 2.75) is 55.8 Å². The summed E-state index contributed by atoms with van der Waals surface area (Å²) in [6.45, 7) is 0. The zero-order chi connectivity index (χ0) is 19.7. The Morgan fingerprint density at radius 1 is 1.21 bits per heavy atom. The predicted molar refractivity (Wildman–Crippen MR) is 113 cm³/mol. The van der Waals surface area contributed by atoms with Crippen LogP contribution in [0.3, 0.4) is 0 Å². The van der Waals surface area contributed by atoms with E-state index in [2.05, 4.69) is 9.97 Å². The van der Waals surface area contributed by atoms with E-state index in [4.69, 9.17) is 11.6 Å². The summed E-state index contributed by atoms with van der Waals surface area (Å²) in [5, 5.41) is 1.31. The molecule has 1 amide bonds. The fourth-order valence-electron chi connectivity index (χ4n) is 4.29. The number of halogens is 1. The van der Waals surface area contributed by atoms with E-state index in [1.54, 1.807) is 6.07 Å². The number of carbonyl (C=O) groups is 1. The van der Waals surface area contributed by atoms with E-state index in [0.717, 1.165) is 36.7 Å². The molecule has 1 aromatic carbocycles. The summed E-state index contributed by atoms with van der Waals surface area (Å²) < 4.78 is 24.0. The van der Waals surface area contributed by atoms with Gasteiger partial charge in [-0.25, -0.2) is 13.4 Å². The lowest BCUT2D eigenvalue weighted by Gasteiger charge is -2.38. The molecule has 152 valence electrons. The summed E-state index contributed by atoms with van der Waals surface area (Å²) >= 11 is 7.38. The summed E-state index contributed by atoms with van der Waals surface area (Å²) in [5.41, 5.74) is 1.65. The molecule has 1 aromatic heterocycles. The number of aromatic nitrogens is 2. The minimum Gasteiger partial charge on any atom is -0.335 e. The first-order chi connectivity index (χ1) is 13.4. The molecule has 2 aromatic rings. The lowest BCUT2D eigenvalue weighted by atomic mass is 9.93. The average molecular weight is 442 g/mol. The van der Waals surface area contributed by atoms with Gasteiger partial charge in [-0.3, -0.25) is 4.79 Å². The molecule has 0 spiro atoms. The largest absolute Gasteiger partial charge is 0.335 e. The molecule has 2 heterocycles. The predicted octanol–water partition coefficient (Wildman–Crippen LogP) is 3.66. The molecule has 0 radical (unpaired) electrons. The molecule has 6 nitrogen and oxygen atoms in total. The smallest absolute Gasteiger partial charge is 0.233 e. The Morgan fingerprint density at radius 2 is 2.00 bits per heavy atom. The van der Waals surface area contributed by atoms with Crippen molar-refractivity contribution in [3.05, 3.63) is 23.2 Å². The summed E-state index contributed by atoms with van der Waals surface area (Å²) in [6.07, 6.45) is 5.89. The molecular formula is C19H24ClN3O3S2. The number of thioether (sulfide) groups is 1. The number of fused-ring (bicyclic) bond motifs is 1. The highest BCUT2D eigenvalue weighted by Gasteiger charge is 2.38. The molecule has 1 saturated heterocycles. The SMILES string of the molecule is O=C(CSc1nc2ccc(Cl)cc2[nH]1)N(C1CCCCC1)C1CCS(=O)(=O)C1. The number of hydrogen-bond acceptors (Lipinski definition) is 5. The van der Waals surface area contributed by atoms with Crippen molar-refractivity contribution in [3.8, 4) is 0 Å². The van der Waals surface area contributed by atoms with Gasteiger partial charge < -0.3 is 9.88 Å². The topological polar surface area (TPSA) is 83.1 Å². The number of aromatic amines is 1. The summed E-state index contributed by atoms with van der Waals surface area (Å²) in [6, 6.07) is 5.42. The molecule has 9 heteroatoms. The number of imidazole rings is 1. The molecule has 2 aliphatic rings. The Balaban J connectivity index is 1.48. The van der Waals surface area contributed by atoms with E-state index in [0.29, 0.717) is 16.6 Å². The maximum atomic E-state index is 13.1. The third-order valence-electron chi connectivity index (χ3n) is 5.61. The number of benzene rings is 1. The molecular weight excluding hydrogens is 418 g/mol. The van der Waals surface area contributed by atoms with Crippen LogP contribution in [0, 0.1) is 0 Å². The van der Waals surface area contributed by atoms with Crippen LogP contribution < -0.4 is 0 Å². The third kappa shape index (κ3) is 4.49. The Morgan fingerprint density at radius 3 is 2.71 bits per heavy atom. The number of nitrogens with one attached hydrogen (secondary N) is 1. The number of nitrogens with zero attached hydrogens (tertiary/aromatic N) is 2. The van der Waals surface area contributed by atoms with Gasteiger partial charge in [-0.2, -0.15) is 0 Å². The lowest BCUT2D eigenvalue weighted by molar-refractivity contribution is -0.133. The van der Waals surface area contributed by atoms with Crippen molar-refractivity contribution < 1.29 is 13.2 Å². The second-order valence-corrected chi connectivity index (χ2v) is 11.3. The fourth-order valence-corrected chi connectivity index (χ4v) is 6.93. The second kappa shape index (κ2) is 8.24. The van der Waals surface area contributed by atoms with Crippen molar-refractivity contribution in [2.24, 2.45) is 0 Å².